The van der Waals surface area contributed by atoms with Gasteiger partial charge in [-0.05, 0) is 69.2 Å². The number of fused-ring (bicyclic) bond motifs is 1. The minimum Gasteiger partial charge on any atom is -0.493 e. The van der Waals surface area contributed by atoms with Crippen molar-refractivity contribution in [1.29, 1.82) is 0 Å². The summed E-state index contributed by atoms with van der Waals surface area (Å²) in [6.07, 6.45) is 1.82. The number of halogens is 1. The second kappa shape index (κ2) is 11.4. The largest absolute Gasteiger partial charge is 0.493 e. The maximum Gasteiger partial charge on any atom is 0.271 e. The summed E-state index contributed by atoms with van der Waals surface area (Å²) < 4.78 is 13.2. The van der Waals surface area contributed by atoms with Crippen LogP contribution in [0.25, 0.3) is 6.08 Å². The smallest absolute Gasteiger partial charge is 0.271 e. The van der Waals surface area contributed by atoms with Crippen LogP contribution in [0.1, 0.15) is 44.9 Å². The number of thiazole rings is 1. The number of amides is 1. The van der Waals surface area contributed by atoms with E-state index in [1.807, 2.05) is 64.1 Å². The molecule has 0 saturated carbocycles. The van der Waals surface area contributed by atoms with Gasteiger partial charge in [-0.3, -0.25) is 14.2 Å². The normalized spacial score (nSPS) is 15.3. The van der Waals surface area contributed by atoms with Crippen LogP contribution in [-0.2, 0) is 4.79 Å². The van der Waals surface area contributed by atoms with E-state index in [-0.39, 0.29) is 11.5 Å². The lowest BCUT2D eigenvalue weighted by atomic mass is 9.94. The van der Waals surface area contributed by atoms with Gasteiger partial charge in [-0.1, -0.05) is 41.1 Å². The van der Waals surface area contributed by atoms with Gasteiger partial charge in [0.2, 0.25) is 0 Å². The monoisotopic (exact) mass is 539 g/mol. The van der Waals surface area contributed by atoms with Crippen LogP contribution >= 0.6 is 22.9 Å². The summed E-state index contributed by atoms with van der Waals surface area (Å²) in [7, 11) is 1.59. The first kappa shape index (κ1) is 26.7. The number of benzene rings is 2. The molecule has 0 unspecified atom stereocenters. The predicted octanol–water partition coefficient (Wildman–Crippen LogP) is 4.16. The topological polar surface area (TPSA) is 73.1 Å². The number of nitrogens with zero attached hydrogens (tertiary/aromatic N) is 3. The molecule has 0 N–H and O–H groups in total. The van der Waals surface area contributed by atoms with Crippen molar-refractivity contribution in [2.45, 2.75) is 33.7 Å². The van der Waals surface area contributed by atoms with Crippen molar-refractivity contribution < 1.29 is 14.3 Å². The number of hydrogen-bond donors (Lipinski definition) is 0. The molecule has 1 amide bonds. The Morgan fingerprint density at radius 3 is 2.46 bits per heavy atom. The zero-order chi connectivity index (χ0) is 26.7. The number of allylic oxidation sites excluding steroid dienone is 1. The van der Waals surface area contributed by atoms with Crippen LogP contribution < -0.4 is 24.4 Å². The summed E-state index contributed by atoms with van der Waals surface area (Å²) in [5.74, 6) is 1.10. The zero-order valence-electron chi connectivity index (χ0n) is 21.6. The van der Waals surface area contributed by atoms with Crippen LogP contribution in [0.5, 0.6) is 11.5 Å². The first-order chi connectivity index (χ1) is 17.8. The molecule has 9 heteroatoms. The molecule has 4 rings (SSSR count). The maximum absolute atomic E-state index is 13.8. The average Bonchev–Trinajstić information content (AvgIpc) is 3.19. The van der Waals surface area contributed by atoms with Crippen LogP contribution in [-0.4, -0.2) is 42.2 Å². The third-order valence-electron chi connectivity index (χ3n) is 6.27. The number of aromatic nitrogens is 1. The summed E-state index contributed by atoms with van der Waals surface area (Å²) in [6.45, 7) is 9.22. The molecule has 0 radical (unpaired) electrons. The number of likely N-dealkylation sites (N-methyl/N-ethyl adjacent to an activating group) is 1. The van der Waals surface area contributed by atoms with Gasteiger partial charge in [0, 0.05) is 18.1 Å². The molecule has 194 valence electrons. The molecule has 0 fully saturated rings. The number of carbonyl (C=O) groups excluding carboxylic acids is 1. The fourth-order valence-corrected chi connectivity index (χ4v) is 5.61. The highest BCUT2D eigenvalue weighted by molar-refractivity contribution is 7.07. The Balaban J connectivity index is 1.92. The lowest BCUT2D eigenvalue weighted by Gasteiger charge is -2.29. The van der Waals surface area contributed by atoms with Crippen molar-refractivity contribution in [3.05, 3.63) is 89.6 Å². The summed E-state index contributed by atoms with van der Waals surface area (Å²) in [4.78, 5) is 34.5. The molecule has 0 spiro atoms. The Kier molecular flexibility index (Phi) is 8.19. The van der Waals surface area contributed by atoms with Crippen LogP contribution in [0.2, 0.25) is 5.02 Å². The predicted molar refractivity (Wildman–Crippen MR) is 147 cm³/mol. The summed E-state index contributed by atoms with van der Waals surface area (Å²) in [5.41, 5.74) is 2.48. The standard InChI is InChI=1S/C28H30ClN3O4S/c1-6-31(7-2)27(34)24-17(4)30-28-32(25(24)19-10-12-20(29)13-11-19)26(33)23(37-28)16-18-9-14-21(35-5)22(15-18)36-8-3/h9-16,25H,6-8H2,1-5H3/b23-16+/t25-/m0/s1. The zero-order valence-corrected chi connectivity index (χ0v) is 23.2. The second-order valence-corrected chi connectivity index (χ2v) is 9.90. The van der Waals surface area contributed by atoms with Gasteiger partial charge in [0.05, 0.1) is 35.6 Å². The molecule has 1 aromatic heterocycles. The van der Waals surface area contributed by atoms with E-state index in [0.717, 1.165) is 11.1 Å². The van der Waals surface area contributed by atoms with Crippen molar-refractivity contribution in [3.8, 4) is 11.5 Å². The first-order valence-electron chi connectivity index (χ1n) is 12.2. The van der Waals surface area contributed by atoms with E-state index >= 15 is 0 Å². The highest BCUT2D eigenvalue weighted by Crippen LogP contribution is 2.32. The average molecular weight is 540 g/mol. The van der Waals surface area contributed by atoms with E-state index in [0.29, 0.717) is 56.8 Å². The van der Waals surface area contributed by atoms with Crippen LogP contribution in [0.15, 0.2) is 63.5 Å². The summed E-state index contributed by atoms with van der Waals surface area (Å²) in [6, 6.07) is 12.2. The fourth-order valence-electron chi connectivity index (χ4n) is 4.44. The number of ether oxygens (including phenoxy) is 2. The molecule has 0 bridgehead atoms. The van der Waals surface area contributed by atoms with Crippen LogP contribution in [0.3, 0.4) is 0 Å². The number of methoxy groups -OCH3 is 1. The van der Waals surface area contributed by atoms with Crippen molar-refractivity contribution >= 4 is 34.9 Å². The van der Waals surface area contributed by atoms with Crippen molar-refractivity contribution in [1.82, 2.24) is 9.47 Å². The van der Waals surface area contributed by atoms with Gasteiger partial charge < -0.3 is 14.4 Å². The van der Waals surface area contributed by atoms with Crippen molar-refractivity contribution in [3.63, 3.8) is 0 Å². The fraction of sp³-hybridized carbons (Fsp3) is 0.321. The molecule has 0 saturated heterocycles. The number of hydrogen-bond acceptors (Lipinski definition) is 6. The van der Waals surface area contributed by atoms with Crippen molar-refractivity contribution in [2.24, 2.45) is 4.99 Å². The van der Waals surface area contributed by atoms with E-state index in [1.165, 1.54) is 11.3 Å². The molecular weight excluding hydrogens is 510 g/mol. The van der Waals surface area contributed by atoms with E-state index in [1.54, 1.807) is 28.7 Å². The SMILES string of the molecule is CCOc1cc(/C=c2/sc3n(c2=O)[C@@H](c2ccc(Cl)cc2)C(C(=O)N(CC)CC)=C(C)N=3)ccc1OC. The highest BCUT2D eigenvalue weighted by Gasteiger charge is 2.34. The lowest BCUT2D eigenvalue weighted by molar-refractivity contribution is -0.127. The molecule has 7 nitrogen and oxygen atoms in total. The van der Waals surface area contributed by atoms with Crippen LogP contribution in [0.4, 0.5) is 0 Å². The Hall–Kier alpha value is -3.36. The molecule has 1 aliphatic heterocycles. The first-order valence-corrected chi connectivity index (χ1v) is 13.4. The molecular formula is C28H30ClN3O4S. The third kappa shape index (κ3) is 5.22. The second-order valence-electron chi connectivity index (χ2n) is 8.45. The minimum atomic E-state index is -0.612. The maximum atomic E-state index is 13.8. The van der Waals surface area contributed by atoms with Gasteiger partial charge in [-0.25, -0.2) is 4.99 Å². The molecule has 3 aromatic rings. The summed E-state index contributed by atoms with van der Waals surface area (Å²) in [5, 5.41) is 0.582. The highest BCUT2D eigenvalue weighted by atomic mass is 35.5. The van der Waals surface area contributed by atoms with E-state index in [9.17, 15) is 9.59 Å². The van der Waals surface area contributed by atoms with Gasteiger partial charge in [0.25, 0.3) is 11.5 Å². The molecule has 1 atom stereocenters. The van der Waals surface area contributed by atoms with Gasteiger partial charge in [-0.2, -0.15) is 0 Å². The van der Waals surface area contributed by atoms with Gasteiger partial charge in [0.15, 0.2) is 16.3 Å². The Morgan fingerprint density at radius 2 is 1.84 bits per heavy atom. The molecule has 2 heterocycles. The number of rotatable bonds is 8. The quantitative estimate of drug-likeness (QED) is 0.431. The Morgan fingerprint density at radius 1 is 1.14 bits per heavy atom. The molecule has 37 heavy (non-hydrogen) atoms. The summed E-state index contributed by atoms with van der Waals surface area (Å²) >= 11 is 7.46. The van der Waals surface area contributed by atoms with E-state index in [4.69, 9.17) is 26.1 Å². The molecule has 1 aliphatic rings. The van der Waals surface area contributed by atoms with Gasteiger partial charge in [0.1, 0.15) is 0 Å². The lowest BCUT2D eigenvalue weighted by Crippen LogP contribution is -2.43. The Bertz CT molecular complexity index is 1520. The van der Waals surface area contributed by atoms with Gasteiger partial charge >= 0.3 is 0 Å². The van der Waals surface area contributed by atoms with Crippen molar-refractivity contribution in [2.75, 3.05) is 26.8 Å². The van der Waals surface area contributed by atoms with E-state index < -0.39 is 6.04 Å². The van der Waals surface area contributed by atoms with E-state index in [2.05, 4.69) is 0 Å². The van der Waals surface area contributed by atoms with Crippen LogP contribution in [0, 0.1) is 0 Å². The third-order valence-corrected chi connectivity index (χ3v) is 7.51. The van der Waals surface area contributed by atoms with Gasteiger partial charge in [-0.15, -0.1) is 0 Å². The molecule has 2 aromatic carbocycles. The molecule has 0 aliphatic carbocycles. The number of carbonyl (C=O) groups is 1. The minimum absolute atomic E-state index is 0.128. The Labute approximate surface area is 224 Å².